The minimum Gasteiger partial charge on any atom is -0.480 e. The van der Waals surface area contributed by atoms with Crippen LogP contribution in [-0.2, 0) is 24.9 Å². The zero-order chi connectivity index (χ0) is 5.15. The van der Waals surface area contributed by atoms with Crippen LogP contribution in [0.1, 0.15) is 6.92 Å². The molecule has 0 unspecified atom stereocenters. The van der Waals surface area contributed by atoms with Gasteiger partial charge in [-0.3, -0.25) is 4.79 Å². The van der Waals surface area contributed by atoms with Gasteiger partial charge in [0.05, 0.1) is 0 Å². The van der Waals surface area contributed by atoms with Crippen molar-refractivity contribution in [1.82, 2.24) is 0 Å². The molecular weight excluding hydrogens is 274 g/mol. The number of carboxylic acid groups (broad SMARTS) is 1. The summed E-state index contributed by atoms with van der Waals surface area (Å²) in [5, 5.41) is 7.87. The monoisotopic (exact) mass is 282 g/mol. The Kier molecular flexibility index (Phi) is 6.15. The van der Waals surface area contributed by atoms with Gasteiger partial charge in [0.1, 0.15) is 6.04 Å². The molecule has 0 saturated heterocycles. The van der Waals surface area contributed by atoms with Crippen LogP contribution in [0.15, 0.2) is 0 Å². The number of hydrogen-bond donors (Lipinski definition) is 2. The molecule has 3 N–H and O–H groups in total. The SMILES string of the molecule is C[C@H](N)C(=O)O.[Ir]. The summed E-state index contributed by atoms with van der Waals surface area (Å²) in [6.45, 7) is 1.42. The molecule has 0 amide bonds. The molecule has 0 aromatic carbocycles. The summed E-state index contributed by atoms with van der Waals surface area (Å²) in [4.78, 5) is 9.57. The first-order valence-corrected chi connectivity index (χ1v) is 1.63. The topological polar surface area (TPSA) is 63.3 Å². The van der Waals surface area contributed by atoms with Crippen LogP contribution < -0.4 is 5.73 Å². The van der Waals surface area contributed by atoms with Gasteiger partial charge in [-0.25, -0.2) is 0 Å². The first-order valence-electron chi connectivity index (χ1n) is 1.63. The Morgan fingerprint density at radius 1 is 1.86 bits per heavy atom. The Morgan fingerprint density at radius 3 is 2.00 bits per heavy atom. The van der Waals surface area contributed by atoms with Crippen LogP contribution in [0.4, 0.5) is 0 Å². The van der Waals surface area contributed by atoms with Gasteiger partial charge in [-0.2, -0.15) is 0 Å². The van der Waals surface area contributed by atoms with Crippen LogP contribution >= 0.6 is 0 Å². The largest absolute Gasteiger partial charge is 0.480 e. The van der Waals surface area contributed by atoms with Gasteiger partial charge < -0.3 is 10.8 Å². The molecule has 0 saturated carbocycles. The Hall–Kier alpha value is 0.0794. The first-order chi connectivity index (χ1) is 2.64. The van der Waals surface area contributed by atoms with Crippen molar-refractivity contribution in [2.24, 2.45) is 5.73 Å². The maximum atomic E-state index is 9.57. The third-order valence-corrected chi connectivity index (χ3v) is 0.390. The molecule has 0 aromatic heterocycles. The summed E-state index contributed by atoms with van der Waals surface area (Å²) in [6, 6.07) is -0.731. The molecule has 0 aromatic rings. The molecule has 0 rings (SSSR count). The van der Waals surface area contributed by atoms with Gasteiger partial charge in [-0.1, -0.05) is 0 Å². The quantitative estimate of drug-likeness (QED) is 0.676. The van der Waals surface area contributed by atoms with E-state index in [1.54, 1.807) is 0 Å². The molecular formula is C3H7IrNO2. The zero-order valence-corrected chi connectivity index (χ0v) is 6.24. The molecule has 0 bridgehead atoms. The maximum absolute atomic E-state index is 9.57. The third-order valence-electron chi connectivity index (χ3n) is 0.390. The maximum Gasteiger partial charge on any atom is 0.320 e. The van der Waals surface area contributed by atoms with Crippen LogP contribution in [0.25, 0.3) is 0 Å². The van der Waals surface area contributed by atoms with Gasteiger partial charge in [-0.15, -0.1) is 0 Å². The number of carboxylic acids is 1. The van der Waals surface area contributed by atoms with Crippen molar-refractivity contribution in [2.45, 2.75) is 13.0 Å². The molecule has 0 fully saturated rings. The van der Waals surface area contributed by atoms with E-state index in [0.717, 1.165) is 0 Å². The van der Waals surface area contributed by atoms with Gasteiger partial charge in [-0.05, 0) is 6.92 Å². The van der Waals surface area contributed by atoms with E-state index in [1.165, 1.54) is 6.92 Å². The van der Waals surface area contributed by atoms with Gasteiger partial charge in [0, 0.05) is 20.1 Å². The summed E-state index contributed by atoms with van der Waals surface area (Å²) in [5.41, 5.74) is 4.84. The molecule has 0 aliphatic carbocycles. The second-order valence-corrected chi connectivity index (χ2v) is 1.13. The fraction of sp³-hybridized carbons (Fsp3) is 0.667. The third kappa shape index (κ3) is 6.08. The second-order valence-electron chi connectivity index (χ2n) is 1.13. The van der Waals surface area contributed by atoms with Gasteiger partial charge >= 0.3 is 5.97 Å². The van der Waals surface area contributed by atoms with Crippen LogP contribution in [0.2, 0.25) is 0 Å². The standard InChI is InChI=1S/C3H7NO2.Ir/c1-2(4)3(5)6;/h2H,4H2,1H3,(H,5,6);/t2-;/m0./s1. The second kappa shape index (κ2) is 4.24. The molecule has 1 atom stereocenters. The van der Waals surface area contributed by atoms with Crippen molar-refractivity contribution in [2.75, 3.05) is 0 Å². The number of aliphatic carboxylic acids is 1. The Bertz CT molecular complexity index is 64.0. The Balaban J connectivity index is 0. The molecule has 0 spiro atoms. The van der Waals surface area contributed by atoms with Gasteiger partial charge in [0.2, 0.25) is 0 Å². The van der Waals surface area contributed by atoms with E-state index < -0.39 is 12.0 Å². The summed E-state index contributed by atoms with van der Waals surface area (Å²) in [5.74, 6) is -0.963. The van der Waals surface area contributed by atoms with E-state index in [1.807, 2.05) is 0 Å². The van der Waals surface area contributed by atoms with Crippen molar-refractivity contribution in [3.63, 3.8) is 0 Å². The van der Waals surface area contributed by atoms with Crippen molar-refractivity contribution >= 4 is 5.97 Å². The molecule has 3 nitrogen and oxygen atoms in total. The van der Waals surface area contributed by atoms with E-state index in [9.17, 15) is 4.79 Å². The minimum atomic E-state index is -0.963. The van der Waals surface area contributed by atoms with E-state index in [2.05, 4.69) is 0 Å². The number of hydrogen-bond acceptors (Lipinski definition) is 2. The van der Waals surface area contributed by atoms with Gasteiger partial charge in [0.15, 0.2) is 0 Å². The zero-order valence-electron chi connectivity index (χ0n) is 3.84. The van der Waals surface area contributed by atoms with Crippen LogP contribution in [0.5, 0.6) is 0 Å². The van der Waals surface area contributed by atoms with E-state index in [4.69, 9.17) is 10.8 Å². The van der Waals surface area contributed by atoms with Crippen molar-refractivity contribution < 1.29 is 30.0 Å². The predicted octanol–water partition coefficient (Wildman–Crippen LogP) is -0.584. The summed E-state index contributed by atoms with van der Waals surface area (Å²) >= 11 is 0. The van der Waals surface area contributed by atoms with E-state index >= 15 is 0 Å². The average Bonchev–Trinajstić information content (AvgIpc) is 1.36. The van der Waals surface area contributed by atoms with E-state index in [0.29, 0.717) is 0 Å². The normalized spacial score (nSPS) is 11.7. The van der Waals surface area contributed by atoms with Gasteiger partial charge in [0.25, 0.3) is 0 Å². The molecule has 0 heterocycles. The van der Waals surface area contributed by atoms with Crippen LogP contribution in [0, 0.1) is 0 Å². The Labute approximate surface area is 55.2 Å². The smallest absolute Gasteiger partial charge is 0.320 e. The fourth-order valence-electron chi connectivity index (χ4n) is 0. The van der Waals surface area contributed by atoms with Crippen LogP contribution in [-0.4, -0.2) is 17.1 Å². The average molecular weight is 281 g/mol. The summed E-state index contributed by atoms with van der Waals surface area (Å²) in [6.07, 6.45) is 0. The minimum absolute atomic E-state index is 0. The first kappa shape index (κ1) is 10.1. The molecule has 1 radical (unpaired) electrons. The molecule has 0 aliphatic rings. The molecule has 0 aliphatic heterocycles. The van der Waals surface area contributed by atoms with Crippen LogP contribution in [0.3, 0.4) is 0 Å². The summed E-state index contributed by atoms with van der Waals surface area (Å²) in [7, 11) is 0. The number of nitrogens with two attached hydrogens (primary N) is 1. The molecule has 45 valence electrons. The Morgan fingerprint density at radius 2 is 2.00 bits per heavy atom. The van der Waals surface area contributed by atoms with Crippen molar-refractivity contribution in [3.05, 3.63) is 0 Å². The van der Waals surface area contributed by atoms with Crippen molar-refractivity contribution in [3.8, 4) is 0 Å². The van der Waals surface area contributed by atoms with E-state index in [-0.39, 0.29) is 20.1 Å². The molecule has 7 heavy (non-hydrogen) atoms. The summed E-state index contributed by atoms with van der Waals surface area (Å²) < 4.78 is 0. The van der Waals surface area contributed by atoms with Crippen molar-refractivity contribution in [1.29, 1.82) is 0 Å². The number of carbonyl (C=O) groups is 1. The number of rotatable bonds is 1. The predicted molar refractivity (Wildman–Crippen MR) is 21.3 cm³/mol. The fourth-order valence-corrected chi connectivity index (χ4v) is 0. The molecule has 4 heteroatoms.